The van der Waals surface area contributed by atoms with E-state index in [1.54, 1.807) is 36.5 Å². The summed E-state index contributed by atoms with van der Waals surface area (Å²) in [5.41, 5.74) is 5.01. The second-order valence-corrected chi connectivity index (χ2v) is 5.46. The van der Waals surface area contributed by atoms with E-state index in [0.717, 1.165) is 0 Å². The van der Waals surface area contributed by atoms with Gasteiger partial charge in [-0.25, -0.2) is 0 Å². The van der Waals surface area contributed by atoms with Crippen LogP contribution in [0.25, 0.3) is 0 Å². The maximum Gasteiger partial charge on any atom is 0.286 e. The van der Waals surface area contributed by atoms with Gasteiger partial charge in [-0.3, -0.25) is 20.4 Å². The van der Waals surface area contributed by atoms with Crippen LogP contribution in [0.2, 0.25) is 10.0 Å². The molecule has 2 rings (SSSR count). The Hall–Kier alpha value is -2.18. The molecular weight excluding hydrogens is 341 g/mol. The molecule has 0 unspecified atom stereocenters. The van der Waals surface area contributed by atoms with Crippen molar-refractivity contribution in [3.8, 4) is 5.75 Å². The highest BCUT2D eigenvalue weighted by atomic mass is 35.5. The quantitative estimate of drug-likeness (QED) is 0.550. The molecule has 0 aliphatic rings. The van der Waals surface area contributed by atoms with Gasteiger partial charge < -0.3 is 9.72 Å². The first-order valence-electron chi connectivity index (χ1n) is 6.86. The number of hydrazine groups is 1. The molecule has 23 heavy (non-hydrogen) atoms. The number of carbonyl (C=O) groups excluding carboxylic acids is 2. The van der Waals surface area contributed by atoms with E-state index in [1.165, 1.54) is 0 Å². The van der Waals surface area contributed by atoms with Crippen LogP contribution in [0, 0.1) is 0 Å². The Bertz CT molecular complexity index is 675. The van der Waals surface area contributed by atoms with Crippen LogP contribution >= 0.6 is 23.2 Å². The highest BCUT2D eigenvalue weighted by molar-refractivity contribution is 6.35. The molecule has 2 aromatic rings. The lowest BCUT2D eigenvalue weighted by Crippen LogP contribution is -2.41. The zero-order valence-corrected chi connectivity index (χ0v) is 13.6. The molecule has 122 valence electrons. The smallest absolute Gasteiger partial charge is 0.286 e. The maximum atomic E-state index is 11.6. The topological polar surface area (TPSA) is 83.2 Å². The van der Waals surface area contributed by atoms with E-state index in [9.17, 15) is 9.59 Å². The summed E-state index contributed by atoms with van der Waals surface area (Å²) in [7, 11) is 0. The van der Waals surface area contributed by atoms with Crippen LogP contribution in [0.1, 0.15) is 23.3 Å². The minimum atomic E-state index is -0.410. The van der Waals surface area contributed by atoms with Gasteiger partial charge in [-0.2, -0.15) is 0 Å². The molecule has 0 spiro atoms. The van der Waals surface area contributed by atoms with Crippen molar-refractivity contribution >= 4 is 35.0 Å². The molecule has 1 aromatic heterocycles. The van der Waals surface area contributed by atoms with Crippen LogP contribution in [-0.2, 0) is 4.79 Å². The van der Waals surface area contributed by atoms with Crippen LogP contribution in [0.15, 0.2) is 36.5 Å². The molecule has 0 atom stereocenters. The van der Waals surface area contributed by atoms with Crippen molar-refractivity contribution < 1.29 is 14.3 Å². The van der Waals surface area contributed by atoms with Crippen LogP contribution in [-0.4, -0.2) is 23.4 Å². The fourth-order valence-corrected chi connectivity index (χ4v) is 2.20. The summed E-state index contributed by atoms with van der Waals surface area (Å²) < 4.78 is 5.46. The Balaban J connectivity index is 1.64. The lowest BCUT2D eigenvalue weighted by Gasteiger charge is -2.09. The average Bonchev–Trinajstić information content (AvgIpc) is 3.05. The fraction of sp³-hybridized carbons (Fsp3) is 0.200. The highest BCUT2D eigenvalue weighted by Gasteiger charge is 2.08. The van der Waals surface area contributed by atoms with Crippen molar-refractivity contribution in [2.45, 2.75) is 12.8 Å². The van der Waals surface area contributed by atoms with E-state index in [4.69, 9.17) is 27.9 Å². The Kier molecular flexibility index (Phi) is 6.31. The Morgan fingerprint density at radius 3 is 2.70 bits per heavy atom. The van der Waals surface area contributed by atoms with Gasteiger partial charge in [0.2, 0.25) is 5.91 Å². The SMILES string of the molecule is O=C(CCCOc1ccc(Cl)cc1Cl)NNC(=O)c1ccc[nH]1. The molecule has 0 aliphatic heterocycles. The van der Waals surface area contributed by atoms with E-state index < -0.39 is 5.91 Å². The molecule has 6 nitrogen and oxygen atoms in total. The van der Waals surface area contributed by atoms with Gasteiger partial charge in [-0.05, 0) is 36.8 Å². The van der Waals surface area contributed by atoms with Crippen molar-refractivity contribution in [1.29, 1.82) is 0 Å². The molecule has 0 saturated carbocycles. The Labute approximate surface area is 143 Å². The van der Waals surface area contributed by atoms with Gasteiger partial charge in [0, 0.05) is 17.6 Å². The van der Waals surface area contributed by atoms with E-state index in [0.29, 0.717) is 34.5 Å². The van der Waals surface area contributed by atoms with Gasteiger partial charge in [0.15, 0.2) is 0 Å². The first-order valence-corrected chi connectivity index (χ1v) is 7.62. The van der Waals surface area contributed by atoms with E-state index in [1.807, 2.05) is 0 Å². The van der Waals surface area contributed by atoms with Crippen molar-refractivity contribution in [3.05, 3.63) is 52.3 Å². The van der Waals surface area contributed by atoms with Gasteiger partial charge in [-0.15, -0.1) is 0 Å². The predicted molar refractivity (Wildman–Crippen MR) is 87.6 cm³/mol. The standard InChI is InChI=1S/C15H15Cl2N3O3/c16-10-5-6-13(11(17)9-10)23-8-2-4-14(21)19-20-15(22)12-3-1-7-18-12/h1,3,5-7,9,18H,2,4,8H2,(H,19,21)(H,20,22). The summed E-state index contributed by atoms with van der Waals surface area (Å²) in [5.74, 6) is -0.209. The molecule has 0 radical (unpaired) electrons. The van der Waals surface area contributed by atoms with Gasteiger partial charge in [0.1, 0.15) is 11.4 Å². The number of halogens is 2. The number of hydrogen-bond donors (Lipinski definition) is 3. The Morgan fingerprint density at radius 2 is 2.00 bits per heavy atom. The van der Waals surface area contributed by atoms with Gasteiger partial charge >= 0.3 is 0 Å². The number of carbonyl (C=O) groups is 2. The number of H-pyrrole nitrogens is 1. The first-order chi connectivity index (χ1) is 11.1. The summed E-state index contributed by atoms with van der Waals surface area (Å²) in [5, 5.41) is 0.944. The summed E-state index contributed by atoms with van der Waals surface area (Å²) in [6, 6.07) is 8.22. The number of ether oxygens (including phenoxy) is 1. The summed E-state index contributed by atoms with van der Waals surface area (Å²) in [6.45, 7) is 0.319. The van der Waals surface area contributed by atoms with E-state index >= 15 is 0 Å². The van der Waals surface area contributed by atoms with Crippen molar-refractivity contribution in [2.24, 2.45) is 0 Å². The monoisotopic (exact) mass is 355 g/mol. The lowest BCUT2D eigenvalue weighted by molar-refractivity contribution is -0.122. The molecule has 0 saturated heterocycles. The molecule has 0 aliphatic carbocycles. The molecule has 1 aromatic carbocycles. The first kappa shape index (κ1) is 17.2. The van der Waals surface area contributed by atoms with Crippen molar-refractivity contribution in [2.75, 3.05) is 6.61 Å². The summed E-state index contributed by atoms with van der Waals surface area (Å²) in [6.07, 6.45) is 2.30. The van der Waals surface area contributed by atoms with Crippen LogP contribution in [0.3, 0.4) is 0 Å². The highest BCUT2D eigenvalue weighted by Crippen LogP contribution is 2.27. The Morgan fingerprint density at radius 1 is 1.17 bits per heavy atom. The zero-order valence-electron chi connectivity index (χ0n) is 12.1. The third kappa shape index (κ3) is 5.50. The van der Waals surface area contributed by atoms with Gasteiger partial charge in [0.05, 0.1) is 11.6 Å². The number of aromatic amines is 1. The van der Waals surface area contributed by atoms with Crippen LogP contribution < -0.4 is 15.6 Å². The number of aromatic nitrogens is 1. The minimum Gasteiger partial charge on any atom is -0.492 e. The number of hydrogen-bond acceptors (Lipinski definition) is 3. The molecule has 2 amide bonds. The van der Waals surface area contributed by atoms with E-state index in [-0.39, 0.29) is 12.3 Å². The third-order valence-electron chi connectivity index (χ3n) is 2.86. The summed E-state index contributed by atoms with van der Waals surface area (Å²) in [4.78, 5) is 25.9. The molecule has 1 heterocycles. The molecule has 3 N–H and O–H groups in total. The van der Waals surface area contributed by atoms with Gasteiger partial charge in [0.25, 0.3) is 5.91 Å². The number of benzene rings is 1. The molecule has 0 fully saturated rings. The van der Waals surface area contributed by atoms with Crippen molar-refractivity contribution in [3.63, 3.8) is 0 Å². The number of nitrogens with one attached hydrogen (secondary N) is 3. The zero-order chi connectivity index (χ0) is 16.7. The average molecular weight is 356 g/mol. The molecule has 0 bridgehead atoms. The fourth-order valence-electron chi connectivity index (χ4n) is 1.74. The second kappa shape index (κ2) is 8.45. The van der Waals surface area contributed by atoms with E-state index in [2.05, 4.69) is 15.8 Å². The van der Waals surface area contributed by atoms with Gasteiger partial charge in [-0.1, -0.05) is 23.2 Å². The lowest BCUT2D eigenvalue weighted by atomic mass is 10.3. The minimum absolute atomic E-state index is 0.205. The maximum absolute atomic E-state index is 11.6. The molecule has 8 heteroatoms. The predicted octanol–water partition coefficient (Wildman–Crippen LogP) is 2.94. The largest absolute Gasteiger partial charge is 0.492 e. The number of rotatable bonds is 6. The summed E-state index contributed by atoms with van der Waals surface area (Å²) >= 11 is 11.8. The normalized spacial score (nSPS) is 10.2. The second-order valence-electron chi connectivity index (χ2n) is 4.61. The van der Waals surface area contributed by atoms with Crippen LogP contribution in [0.5, 0.6) is 5.75 Å². The third-order valence-corrected chi connectivity index (χ3v) is 3.39. The number of amides is 2. The van der Waals surface area contributed by atoms with Crippen LogP contribution in [0.4, 0.5) is 0 Å². The molecular formula is C15H15Cl2N3O3. The van der Waals surface area contributed by atoms with Crippen molar-refractivity contribution in [1.82, 2.24) is 15.8 Å².